The lowest BCUT2D eigenvalue weighted by Gasteiger charge is -2.36. The Morgan fingerprint density at radius 1 is 0.971 bits per heavy atom. The molecule has 0 spiro atoms. The first-order valence-corrected chi connectivity index (χ1v) is 12.0. The van der Waals surface area contributed by atoms with Crippen molar-refractivity contribution in [3.8, 4) is 5.75 Å². The van der Waals surface area contributed by atoms with E-state index in [0.717, 1.165) is 0 Å². The minimum absolute atomic E-state index is 0.0406. The largest absolute Gasteiger partial charge is 0.497 e. The van der Waals surface area contributed by atoms with Crippen LogP contribution >= 0.6 is 0 Å². The van der Waals surface area contributed by atoms with Gasteiger partial charge in [-0.2, -0.15) is 0 Å². The van der Waals surface area contributed by atoms with E-state index in [0.29, 0.717) is 37.2 Å². The molecule has 3 amide bonds. The average Bonchev–Trinajstić information content (AvgIpc) is 2.87. The van der Waals surface area contributed by atoms with Crippen LogP contribution in [0.1, 0.15) is 54.3 Å². The molecule has 2 N–H and O–H groups in total. The highest BCUT2D eigenvalue weighted by Gasteiger charge is 2.35. The standard InChI is InChI=1S/C27H34FN3O4/c1-17(2)18(3)29-26(33)24(30-25(32)20-9-11-21(35-4)12-10-20)19-13-15-31(16-14-19)27(34)22-7-5-6-8-23(22)28/h5-12,17-19,24H,13-16H2,1-4H3,(H,29,33)(H,30,32). The van der Waals surface area contributed by atoms with E-state index < -0.39 is 11.9 Å². The molecule has 1 saturated heterocycles. The molecule has 35 heavy (non-hydrogen) atoms. The maximum atomic E-state index is 14.1. The Bertz CT molecular complexity index is 1030. The van der Waals surface area contributed by atoms with Crippen LogP contribution in [0.25, 0.3) is 0 Å². The van der Waals surface area contributed by atoms with E-state index in [1.165, 1.54) is 12.1 Å². The number of rotatable bonds is 8. The van der Waals surface area contributed by atoms with Crippen LogP contribution in [0.2, 0.25) is 0 Å². The molecule has 0 radical (unpaired) electrons. The maximum absolute atomic E-state index is 14.1. The predicted molar refractivity (Wildman–Crippen MR) is 132 cm³/mol. The van der Waals surface area contributed by atoms with E-state index in [9.17, 15) is 18.8 Å². The number of methoxy groups -OCH3 is 1. The first kappa shape index (κ1) is 26.2. The topological polar surface area (TPSA) is 87.7 Å². The number of halogens is 1. The summed E-state index contributed by atoms with van der Waals surface area (Å²) in [6.07, 6.45) is 1.02. The quantitative estimate of drug-likeness (QED) is 0.600. The number of ether oxygens (including phenoxy) is 1. The number of carbonyl (C=O) groups excluding carboxylic acids is 3. The van der Waals surface area contributed by atoms with Crippen LogP contribution in [-0.2, 0) is 4.79 Å². The highest BCUT2D eigenvalue weighted by Crippen LogP contribution is 2.24. The monoisotopic (exact) mass is 483 g/mol. The van der Waals surface area contributed by atoms with Crippen LogP contribution < -0.4 is 15.4 Å². The molecule has 1 aliphatic rings. The molecule has 0 aliphatic carbocycles. The molecular weight excluding hydrogens is 449 g/mol. The lowest BCUT2D eigenvalue weighted by molar-refractivity contribution is -0.125. The number of carbonyl (C=O) groups is 3. The van der Waals surface area contributed by atoms with E-state index in [1.54, 1.807) is 48.4 Å². The molecule has 3 rings (SSSR count). The van der Waals surface area contributed by atoms with E-state index in [-0.39, 0.29) is 41.2 Å². The van der Waals surface area contributed by atoms with E-state index in [2.05, 4.69) is 10.6 Å². The Morgan fingerprint density at radius 3 is 2.17 bits per heavy atom. The minimum atomic E-state index is -0.753. The van der Waals surface area contributed by atoms with Crippen LogP contribution in [-0.4, -0.2) is 54.9 Å². The average molecular weight is 484 g/mol. The lowest BCUT2D eigenvalue weighted by atomic mass is 9.87. The van der Waals surface area contributed by atoms with E-state index in [1.807, 2.05) is 20.8 Å². The highest BCUT2D eigenvalue weighted by atomic mass is 19.1. The molecule has 2 unspecified atom stereocenters. The van der Waals surface area contributed by atoms with Gasteiger partial charge in [0.2, 0.25) is 5.91 Å². The predicted octanol–water partition coefficient (Wildman–Crippen LogP) is 3.65. The second kappa shape index (κ2) is 11.8. The van der Waals surface area contributed by atoms with Crippen molar-refractivity contribution in [2.75, 3.05) is 20.2 Å². The second-order valence-corrected chi connectivity index (χ2v) is 9.33. The molecule has 0 aromatic heterocycles. The molecule has 1 heterocycles. The van der Waals surface area contributed by atoms with Crippen LogP contribution in [0.15, 0.2) is 48.5 Å². The molecule has 7 nitrogen and oxygen atoms in total. The molecule has 0 saturated carbocycles. The third kappa shape index (κ3) is 6.59. The van der Waals surface area contributed by atoms with Gasteiger partial charge < -0.3 is 20.3 Å². The lowest BCUT2D eigenvalue weighted by Crippen LogP contribution is -2.55. The fourth-order valence-electron chi connectivity index (χ4n) is 4.09. The van der Waals surface area contributed by atoms with E-state index in [4.69, 9.17) is 4.74 Å². The Balaban J connectivity index is 1.72. The summed E-state index contributed by atoms with van der Waals surface area (Å²) in [4.78, 5) is 40.6. The van der Waals surface area contributed by atoms with Gasteiger partial charge in [0.25, 0.3) is 11.8 Å². The molecule has 1 fully saturated rings. The number of likely N-dealkylation sites (tertiary alicyclic amines) is 1. The summed E-state index contributed by atoms with van der Waals surface area (Å²) in [5.74, 6) is -0.807. The summed E-state index contributed by atoms with van der Waals surface area (Å²) in [5.41, 5.74) is 0.464. The Morgan fingerprint density at radius 2 is 1.60 bits per heavy atom. The summed E-state index contributed by atoms with van der Waals surface area (Å²) < 4.78 is 19.2. The second-order valence-electron chi connectivity index (χ2n) is 9.33. The number of amides is 3. The van der Waals surface area contributed by atoms with Gasteiger partial charge in [0.15, 0.2) is 0 Å². The first-order chi connectivity index (χ1) is 16.7. The van der Waals surface area contributed by atoms with Crippen molar-refractivity contribution in [3.05, 3.63) is 65.5 Å². The maximum Gasteiger partial charge on any atom is 0.256 e. The summed E-state index contributed by atoms with van der Waals surface area (Å²) >= 11 is 0. The Kier molecular flexibility index (Phi) is 8.84. The first-order valence-electron chi connectivity index (χ1n) is 12.0. The van der Waals surface area contributed by atoms with Gasteiger partial charge in [-0.05, 0) is 68.0 Å². The zero-order valence-electron chi connectivity index (χ0n) is 20.7. The third-order valence-electron chi connectivity index (χ3n) is 6.69. The molecule has 0 bridgehead atoms. The highest BCUT2D eigenvalue weighted by molar-refractivity contribution is 5.98. The van der Waals surface area contributed by atoms with Crippen LogP contribution in [0, 0.1) is 17.7 Å². The number of nitrogens with zero attached hydrogens (tertiary/aromatic N) is 1. The van der Waals surface area contributed by atoms with Gasteiger partial charge in [-0.25, -0.2) is 4.39 Å². The van der Waals surface area contributed by atoms with Crippen molar-refractivity contribution < 1.29 is 23.5 Å². The normalized spacial score (nSPS) is 15.9. The van der Waals surface area contributed by atoms with Crippen LogP contribution in [0.3, 0.4) is 0 Å². The molecule has 2 aromatic carbocycles. The zero-order valence-corrected chi connectivity index (χ0v) is 20.7. The van der Waals surface area contributed by atoms with Gasteiger partial charge in [-0.15, -0.1) is 0 Å². The van der Waals surface area contributed by atoms with Gasteiger partial charge in [0.1, 0.15) is 17.6 Å². The van der Waals surface area contributed by atoms with Crippen molar-refractivity contribution in [1.29, 1.82) is 0 Å². The van der Waals surface area contributed by atoms with Gasteiger partial charge in [-0.3, -0.25) is 14.4 Å². The van der Waals surface area contributed by atoms with E-state index >= 15 is 0 Å². The van der Waals surface area contributed by atoms with Gasteiger partial charge in [0.05, 0.1) is 12.7 Å². The number of hydrogen-bond acceptors (Lipinski definition) is 4. The Labute approximate surface area is 206 Å². The number of nitrogens with one attached hydrogen (secondary N) is 2. The summed E-state index contributed by atoms with van der Waals surface area (Å²) in [5, 5.41) is 5.93. The fourth-order valence-corrected chi connectivity index (χ4v) is 4.09. The number of piperidine rings is 1. The Hall–Kier alpha value is -3.42. The zero-order chi connectivity index (χ0) is 25.5. The molecule has 2 atom stereocenters. The van der Waals surface area contributed by atoms with Crippen LogP contribution in [0.4, 0.5) is 4.39 Å². The van der Waals surface area contributed by atoms with Crippen molar-refractivity contribution in [3.63, 3.8) is 0 Å². The SMILES string of the molecule is COc1ccc(C(=O)NC(C(=O)NC(C)C(C)C)C2CCN(C(=O)c3ccccc3F)CC2)cc1. The summed E-state index contributed by atoms with van der Waals surface area (Å²) in [7, 11) is 1.55. The summed E-state index contributed by atoms with van der Waals surface area (Å²) in [6.45, 7) is 6.71. The summed E-state index contributed by atoms with van der Waals surface area (Å²) in [6, 6.07) is 11.8. The fraction of sp³-hybridized carbons (Fsp3) is 0.444. The third-order valence-corrected chi connectivity index (χ3v) is 6.69. The molecule has 8 heteroatoms. The van der Waals surface area contributed by atoms with Gasteiger partial charge in [0, 0.05) is 24.7 Å². The van der Waals surface area contributed by atoms with Crippen molar-refractivity contribution in [2.24, 2.45) is 11.8 Å². The minimum Gasteiger partial charge on any atom is -0.497 e. The molecule has 1 aliphatic heterocycles. The number of hydrogen-bond donors (Lipinski definition) is 2. The van der Waals surface area contributed by atoms with Gasteiger partial charge >= 0.3 is 0 Å². The van der Waals surface area contributed by atoms with Crippen molar-refractivity contribution in [1.82, 2.24) is 15.5 Å². The van der Waals surface area contributed by atoms with Crippen molar-refractivity contribution in [2.45, 2.75) is 45.7 Å². The number of benzene rings is 2. The smallest absolute Gasteiger partial charge is 0.256 e. The van der Waals surface area contributed by atoms with Crippen molar-refractivity contribution >= 4 is 17.7 Å². The molecular formula is C27H34FN3O4. The van der Waals surface area contributed by atoms with Gasteiger partial charge in [-0.1, -0.05) is 26.0 Å². The molecule has 188 valence electrons. The molecule has 2 aromatic rings. The van der Waals surface area contributed by atoms with Crippen LogP contribution in [0.5, 0.6) is 5.75 Å².